The average Bonchev–Trinajstić information content (AvgIpc) is 2.45. The van der Waals surface area contributed by atoms with Gasteiger partial charge in [0.05, 0.1) is 18.3 Å². The van der Waals surface area contributed by atoms with Crippen molar-refractivity contribution < 1.29 is 4.39 Å². The molecule has 1 heterocycles. The van der Waals surface area contributed by atoms with E-state index >= 15 is 0 Å². The van der Waals surface area contributed by atoms with Gasteiger partial charge in [0.25, 0.3) is 0 Å². The minimum absolute atomic E-state index is 0.121. The zero-order valence-electron chi connectivity index (χ0n) is 10.6. The molecule has 1 aromatic heterocycles. The van der Waals surface area contributed by atoms with Crippen molar-refractivity contribution in [2.75, 3.05) is 5.73 Å². The first-order valence-electron chi connectivity index (χ1n) is 6.14. The van der Waals surface area contributed by atoms with Gasteiger partial charge in [0.15, 0.2) is 0 Å². The molecule has 3 rings (SSSR count). The van der Waals surface area contributed by atoms with Crippen molar-refractivity contribution in [1.82, 2.24) is 9.78 Å². The number of aromatic nitrogens is 2. The smallest absolute Gasteiger partial charge is 0.207 e. The van der Waals surface area contributed by atoms with E-state index in [1.807, 2.05) is 12.1 Å². The second-order valence-corrected chi connectivity index (χ2v) is 4.53. The summed E-state index contributed by atoms with van der Waals surface area (Å²) in [5.41, 5.74) is 7.53. The molecule has 0 atom stereocenters. The molecule has 2 N–H and O–H groups in total. The van der Waals surface area contributed by atoms with E-state index in [1.54, 1.807) is 22.9 Å². The number of rotatable bonds is 2. The predicted molar refractivity (Wildman–Crippen MR) is 75.9 cm³/mol. The number of nitrogens with zero attached hydrogens (tertiary/aromatic N) is 2. The number of anilines is 1. The number of benzene rings is 2. The van der Waals surface area contributed by atoms with Gasteiger partial charge in [0, 0.05) is 11.1 Å². The van der Waals surface area contributed by atoms with Gasteiger partial charge >= 0.3 is 0 Å². The maximum absolute atomic E-state index is 13.0. The van der Waals surface area contributed by atoms with Crippen LogP contribution in [0.5, 0.6) is 0 Å². The van der Waals surface area contributed by atoms with Crippen LogP contribution in [0.15, 0.2) is 53.5 Å². The van der Waals surface area contributed by atoms with Gasteiger partial charge in [-0.1, -0.05) is 18.2 Å². The lowest BCUT2D eigenvalue weighted by Gasteiger charge is -2.11. The van der Waals surface area contributed by atoms with Crippen molar-refractivity contribution in [3.8, 4) is 0 Å². The molecule has 0 aliphatic rings. The highest BCUT2D eigenvalue weighted by Crippen LogP contribution is 2.16. The number of halogens is 1. The first kappa shape index (κ1) is 12.3. The van der Waals surface area contributed by atoms with Gasteiger partial charge in [-0.25, -0.2) is 4.39 Å². The van der Waals surface area contributed by atoms with E-state index in [0.717, 1.165) is 11.1 Å². The summed E-state index contributed by atoms with van der Waals surface area (Å²) in [6, 6.07) is 11.5. The summed E-state index contributed by atoms with van der Waals surface area (Å²) in [5, 5.41) is 4.72. The van der Waals surface area contributed by atoms with E-state index in [0.29, 0.717) is 17.6 Å². The van der Waals surface area contributed by atoms with E-state index in [4.69, 9.17) is 5.73 Å². The molecule has 0 radical (unpaired) electrons. The van der Waals surface area contributed by atoms with Crippen LogP contribution in [0, 0.1) is 5.82 Å². The Labute approximate surface area is 114 Å². The summed E-state index contributed by atoms with van der Waals surface area (Å²) in [6.45, 7) is 0.382. The zero-order chi connectivity index (χ0) is 14.1. The van der Waals surface area contributed by atoms with Gasteiger partial charge in [-0.3, -0.25) is 9.48 Å². The Hall–Kier alpha value is -2.69. The molecule has 0 saturated heterocycles. The highest BCUT2D eigenvalue weighted by molar-refractivity contribution is 5.78. The molecule has 3 aromatic rings. The third-order valence-corrected chi connectivity index (χ3v) is 3.19. The predicted octanol–water partition coefficient (Wildman–Crippen LogP) is 2.17. The largest absolute Gasteiger partial charge is 0.398 e. The molecular formula is C15H12FN3O. The number of para-hydroxylation sites is 1. The average molecular weight is 269 g/mol. The Bertz CT molecular complexity index is 842. The Kier molecular flexibility index (Phi) is 2.95. The molecule has 0 unspecified atom stereocenters. The van der Waals surface area contributed by atoms with Gasteiger partial charge < -0.3 is 5.73 Å². The highest BCUT2D eigenvalue weighted by atomic mass is 19.1. The maximum atomic E-state index is 13.0. The summed E-state index contributed by atoms with van der Waals surface area (Å²) < 4.78 is 14.7. The Morgan fingerprint density at radius 3 is 2.80 bits per heavy atom. The van der Waals surface area contributed by atoms with Crippen LogP contribution in [-0.2, 0) is 6.54 Å². The summed E-state index contributed by atoms with van der Waals surface area (Å²) in [6.07, 6.45) is 1.28. The lowest BCUT2D eigenvalue weighted by molar-refractivity contribution is 0.626. The number of hydrogen-bond acceptors (Lipinski definition) is 3. The lowest BCUT2D eigenvalue weighted by atomic mass is 10.1. The van der Waals surface area contributed by atoms with Crippen LogP contribution >= 0.6 is 0 Å². The Morgan fingerprint density at radius 2 is 2.00 bits per heavy atom. The fraction of sp³-hybridized carbons (Fsp3) is 0.0667. The van der Waals surface area contributed by atoms with Crippen molar-refractivity contribution >= 4 is 16.6 Å². The molecule has 0 amide bonds. The minimum Gasteiger partial charge on any atom is -0.398 e. The van der Waals surface area contributed by atoms with E-state index in [-0.39, 0.29) is 11.2 Å². The third kappa shape index (κ3) is 2.14. The summed E-state index contributed by atoms with van der Waals surface area (Å²) in [5.74, 6) is -0.371. The quantitative estimate of drug-likeness (QED) is 0.725. The molecule has 5 heteroatoms. The number of fused-ring (bicyclic) bond motifs is 1. The van der Waals surface area contributed by atoms with E-state index < -0.39 is 0 Å². The molecule has 2 aromatic carbocycles. The van der Waals surface area contributed by atoms with Crippen molar-refractivity contribution in [2.45, 2.75) is 6.54 Å². The Morgan fingerprint density at radius 1 is 1.20 bits per heavy atom. The second-order valence-electron chi connectivity index (χ2n) is 4.53. The number of nitrogens with two attached hydrogens (primary N) is 1. The third-order valence-electron chi connectivity index (χ3n) is 3.19. The number of hydrogen-bond donors (Lipinski definition) is 1. The monoisotopic (exact) mass is 269 g/mol. The molecule has 0 aliphatic heterocycles. The molecule has 0 bridgehead atoms. The van der Waals surface area contributed by atoms with Crippen molar-refractivity contribution in [2.24, 2.45) is 0 Å². The zero-order valence-corrected chi connectivity index (χ0v) is 10.6. The summed E-state index contributed by atoms with van der Waals surface area (Å²) in [4.78, 5) is 11.7. The van der Waals surface area contributed by atoms with Gasteiger partial charge in [-0.05, 0) is 29.8 Å². The molecule has 100 valence electrons. The summed E-state index contributed by atoms with van der Waals surface area (Å²) >= 11 is 0. The first-order valence-corrected chi connectivity index (χ1v) is 6.14. The van der Waals surface area contributed by atoms with Crippen molar-refractivity contribution in [3.63, 3.8) is 0 Å². The van der Waals surface area contributed by atoms with Crippen molar-refractivity contribution in [1.29, 1.82) is 0 Å². The topological polar surface area (TPSA) is 60.9 Å². The standard InChI is InChI=1S/C15H12FN3O/c16-11-6-5-10(13(17)7-11)9-19-14-4-2-1-3-12(14)15(20)8-18-19/h1-8H,9,17H2. The van der Waals surface area contributed by atoms with Crippen LogP contribution in [0.3, 0.4) is 0 Å². The van der Waals surface area contributed by atoms with Crippen LogP contribution in [0.25, 0.3) is 10.9 Å². The lowest BCUT2D eigenvalue weighted by Crippen LogP contribution is -2.13. The van der Waals surface area contributed by atoms with Crippen LogP contribution in [-0.4, -0.2) is 9.78 Å². The molecular weight excluding hydrogens is 257 g/mol. The first-order chi connectivity index (χ1) is 9.65. The molecule has 0 saturated carbocycles. The van der Waals surface area contributed by atoms with E-state index in [9.17, 15) is 9.18 Å². The number of nitrogen functional groups attached to an aromatic ring is 1. The second kappa shape index (κ2) is 4.77. The molecule has 20 heavy (non-hydrogen) atoms. The van der Waals surface area contributed by atoms with Gasteiger partial charge in [-0.15, -0.1) is 0 Å². The molecule has 4 nitrogen and oxygen atoms in total. The van der Waals surface area contributed by atoms with Gasteiger partial charge in [0.1, 0.15) is 5.82 Å². The van der Waals surface area contributed by atoms with Crippen LogP contribution < -0.4 is 11.2 Å². The highest BCUT2D eigenvalue weighted by Gasteiger charge is 2.06. The minimum atomic E-state index is -0.371. The van der Waals surface area contributed by atoms with Crippen molar-refractivity contribution in [3.05, 3.63) is 70.3 Å². The molecule has 0 aliphatic carbocycles. The van der Waals surface area contributed by atoms with Gasteiger partial charge in [-0.2, -0.15) is 5.10 Å². The van der Waals surface area contributed by atoms with E-state index in [2.05, 4.69) is 5.10 Å². The van der Waals surface area contributed by atoms with E-state index in [1.165, 1.54) is 18.3 Å². The SMILES string of the molecule is Nc1cc(F)ccc1Cn1ncc(=O)c2ccccc21. The fourth-order valence-electron chi connectivity index (χ4n) is 2.16. The normalized spacial score (nSPS) is 10.8. The van der Waals surface area contributed by atoms with Gasteiger partial charge in [0.2, 0.25) is 5.43 Å². The Balaban J connectivity index is 2.11. The molecule has 0 spiro atoms. The van der Waals surface area contributed by atoms with Crippen LogP contribution in [0.1, 0.15) is 5.56 Å². The molecule has 0 fully saturated rings. The van der Waals surface area contributed by atoms with Crippen LogP contribution in [0.2, 0.25) is 0 Å². The maximum Gasteiger partial charge on any atom is 0.207 e. The summed E-state index contributed by atoms with van der Waals surface area (Å²) in [7, 11) is 0. The van der Waals surface area contributed by atoms with Crippen LogP contribution in [0.4, 0.5) is 10.1 Å². The fourth-order valence-corrected chi connectivity index (χ4v) is 2.16.